The molecule has 0 fully saturated rings. The van der Waals surface area contributed by atoms with Gasteiger partial charge in [0.25, 0.3) is 0 Å². The van der Waals surface area contributed by atoms with Crippen molar-refractivity contribution in [3.8, 4) is 17.1 Å². The molecular formula is C22H25FN4O2S. The molecule has 158 valence electrons. The van der Waals surface area contributed by atoms with Crippen molar-refractivity contribution in [2.75, 3.05) is 12.9 Å². The predicted octanol–water partition coefficient (Wildman–Crippen LogP) is 4.16. The van der Waals surface area contributed by atoms with Crippen LogP contribution in [0.4, 0.5) is 4.39 Å². The number of amides is 1. The Bertz CT molecular complexity index is 989. The van der Waals surface area contributed by atoms with Gasteiger partial charge in [0.2, 0.25) is 5.91 Å². The molecule has 3 rings (SSSR count). The van der Waals surface area contributed by atoms with Crippen molar-refractivity contribution in [1.82, 2.24) is 20.1 Å². The Morgan fingerprint density at radius 1 is 1.17 bits per heavy atom. The first kappa shape index (κ1) is 21.8. The van der Waals surface area contributed by atoms with Crippen molar-refractivity contribution in [3.63, 3.8) is 0 Å². The van der Waals surface area contributed by atoms with Crippen LogP contribution < -0.4 is 10.1 Å². The summed E-state index contributed by atoms with van der Waals surface area (Å²) in [5.41, 5.74) is 1.39. The van der Waals surface area contributed by atoms with Crippen molar-refractivity contribution in [3.05, 3.63) is 59.9 Å². The number of nitrogens with zero attached hydrogens (tertiary/aromatic N) is 3. The van der Waals surface area contributed by atoms with Crippen LogP contribution in [0.2, 0.25) is 0 Å². The van der Waals surface area contributed by atoms with Gasteiger partial charge in [0.15, 0.2) is 11.0 Å². The Morgan fingerprint density at radius 3 is 2.57 bits per heavy atom. The summed E-state index contributed by atoms with van der Waals surface area (Å²) in [7, 11) is 1.61. The highest BCUT2D eigenvalue weighted by atomic mass is 32.2. The Hall–Kier alpha value is -2.87. The number of carbonyl (C=O) groups excluding carboxylic acids is 1. The van der Waals surface area contributed by atoms with Gasteiger partial charge in [0.05, 0.1) is 18.4 Å². The third-order valence-corrected chi connectivity index (χ3v) is 5.33. The number of hydrogen-bond donors (Lipinski definition) is 1. The van der Waals surface area contributed by atoms with Crippen LogP contribution >= 0.6 is 11.8 Å². The summed E-state index contributed by atoms with van der Waals surface area (Å²) >= 11 is 1.29. The standard InChI is InChI=1S/C22H25FN4O2S/c1-15(2)13-27-21(18-6-4-5-7-19(18)23)25-26-22(27)30-14-20(28)24-12-16-8-10-17(29-3)11-9-16/h4-11,15H,12-14H2,1-3H3,(H,24,28). The lowest BCUT2D eigenvalue weighted by Gasteiger charge is -2.13. The second kappa shape index (κ2) is 10.2. The molecule has 1 N–H and O–H groups in total. The van der Waals surface area contributed by atoms with E-state index in [2.05, 4.69) is 29.4 Å². The zero-order chi connectivity index (χ0) is 21.5. The Balaban J connectivity index is 1.65. The number of carbonyl (C=O) groups is 1. The number of thioether (sulfide) groups is 1. The summed E-state index contributed by atoms with van der Waals surface area (Å²) in [5, 5.41) is 11.9. The molecule has 0 saturated carbocycles. The number of ether oxygens (including phenoxy) is 1. The van der Waals surface area contributed by atoms with Crippen molar-refractivity contribution in [2.45, 2.75) is 32.1 Å². The monoisotopic (exact) mass is 428 g/mol. The quantitative estimate of drug-likeness (QED) is 0.519. The third-order valence-electron chi connectivity index (χ3n) is 4.36. The van der Waals surface area contributed by atoms with Crippen LogP contribution in [0.25, 0.3) is 11.4 Å². The fourth-order valence-electron chi connectivity index (χ4n) is 2.89. The van der Waals surface area contributed by atoms with E-state index in [1.165, 1.54) is 17.8 Å². The SMILES string of the molecule is COc1ccc(CNC(=O)CSc2nnc(-c3ccccc3F)n2CC(C)C)cc1. The summed E-state index contributed by atoms with van der Waals surface area (Å²) in [6, 6.07) is 14.0. The van der Waals surface area contributed by atoms with Crippen LogP contribution in [0, 0.1) is 11.7 Å². The molecule has 0 atom stereocenters. The number of nitrogens with one attached hydrogen (secondary N) is 1. The van der Waals surface area contributed by atoms with Crippen molar-refractivity contribution >= 4 is 17.7 Å². The maximum Gasteiger partial charge on any atom is 0.230 e. The van der Waals surface area contributed by atoms with E-state index in [1.807, 2.05) is 28.8 Å². The normalized spacial score (nSPS) is 11.0. The highest BCUT2D eigenvalue weighted by Crippen LogP contribution is 2.26. The minimum atomic E-state index is -0.344. The van der Waals surface area contributed by atoms with Gasteiger partial charge in [-0.1, -0.05) is 49.9 Å². The highest BCUT2D eigenvalue weighted by molar-refractivity contribution is 7.99. The van der Waals surface area contributed by atoms with Crippen LogP contribution in [-0.2, 0) is 17.9 Å². The lowest BCUT2D eigenvalue weighted by molar-refractivity contribution is -0.118. The van der Waals surface area contributed by atoms with E-state index in [0.717, 1.165) is 11.3 Å². The van der Waals surface area contributed by atoms with Gasteiger partial charge in [-0.25, -0.2) is 4.39 Å². The van der Waals surface area contributed by atoms with Crippen LogP contribution in [0.15, 0.2) is 53.7 Å². The van der Waals surface area contributed by atoms with Crippen molar-refractivity contribution < 1.29 is 13.9 Å². The summed E-state index contributed by atoms with van der Waals surface area (Å²) in [6.07, 6.45) is 0. The largest absolute Gasteiger partial charge is 0.497 e. The van der Waals surface area contributed by atoms with E-state index in [-0.39, 0.29) is 17.5 Å². The Morgan fingerprint density at radius 2 is 1.90 bits per heavy atom. The molecule has 0 aliphatic heterocycles. The maximum absolute atomic E-state index is 14.3. The smallest absolute Gasteiger partial charge is 0.230 e. The van der Waals surface area contributed by atoms with Gasteiger partial charge in [-0.15, -0.1) is 10.2 Å². The van der Waals surface area contributed by atoms with E-state index in [4.69, 9.17) is 4.74 Å². The van der Waals surface area contributed by atoms with Gasteiger partial charge in [-0.3, -0.25) is 4.79 Å². The zero-order valence-corrected chi connectivity index (χ0v) is 18.1. The first-order valence-electron chi connectivity index (χ1n) is 9.68. The topological polar surface area (TPSA) is 69.0 Å². The van der Waals surface area contributed by atoms with Gasteiger partial charge in [-0.2, -0.15) is 0 Å². The summed E-state index contributed by atoms with van der Waals surface area (Å²) < 4.78 is 21.3. The van der Waals surface area contributed by atoms with Crippen LogP contribution in [0.5, 0.6) is 5.75 Å². The molecule has 3 aromatic rings. The average molecular weight is 429 g/mol. The van der Waals surface area contributed by atoms with Gasteiger partial charge in [0.1, 0.15) is 11.6 Å². The maximum atomic E-state index is 14.3. The minimum Gasteiger partial charge on any atom is -0.497 e. The molecule has 30 heavy (non-hydrogen) atoms. The fraction of sp³-hybridized carbons (Fsp3) is 0.318. The minimum absolute atomic E-state index is 0.109. The molecule has 0 saturated heterocycles. The van der Waals surface area contributed by atoms with E-state index in [1.54, 1.807) is 25.3 Å². The number of aromatic nitrogens is 3. The number of halogens is 1. The first-order chi connectivity index (χ1) is 14.5. The van der Waals surface area contributed by atoms with Crippen LogP contribution in [0.3, 0.4) is 0 Å². The summed E-state index contributed by atoms with van der Waals surface area (Å²) in [4.78, 5) is 12.3. The van der Waals surface area contributed by atoms with Crippen LogP contribution in [-0.4, -0.2) is 33.5 Å². The summed E-state index contributed by atoms with van der Waals surface area (Å²) in [6.45, 7) is 5.21. The molecular weight excluding hydrogens is 403 g/mol. The average Bonchev–Trinajstić information content (AvgIpc) is 3.13. The molecule has 1 heterocycles. The van der Waals surface area contributed by atoms with Crippen LogP contribution in [0.1, 0.15) is 19.4 Å². The molecule has 0 aliphatic rings. The molecule has 0 bridgehead atoms. The van der Waals surface area contributed by atoms with Crippen molar-refractivity contribution in [1.29, 1.82) is 0 Å². The molecule has 1 amide bonds. The second-order valence-corrected chi connectivity index (χ2v) is 8.15. The van der Waals surface area contributed by atoms with E-state index in [0.29, 0.717) is 35.6 Å². The molecule has 0 radical (unpaired) electrons. The van der Waals surface area contributed by atoms with E-state index in [9.17, 15) is 9.18 Å². The van der Waals surface area contributed by atoms with Gasteiger partial charge < -0.3 is 14.6 Å². The van der Waals surface area contributed by atoms with Gasteiger partial charge in [0, 0.05) is 13.1 Å². The summed E-state index contributed by atoms with van der Waals surface area (Å²) in [5.74, 6) is 1.31. The Labute approximate surface area is 179 Å². The lowest BCUT2D eigenvalue weighted by Crippen LogP contribution is -2.24. The molecule has 8 heteroatoms. The molecule has 6 nitrogen and oxygen atoms in total. The predicted molar refractivity (Wildman–Crippen MR) is 116 cm³/mol. The molecule has 0 aliphatic carbocycles. The molecule has 0 unspecified atom stereocenters. The number of benzene rings is 2. The number of hydrogen-bond acceptors (Lipinski definition) is 5. The second-order valence-electron chi connectivity index (χ2n) is 7.20. The van der Waals surface area contributed by atoms with E-state index >= 15 is 0 Å². The molecule has 0 spiro atoms. The first-order valence-corrected chi connectivity index (χ1v) is 10.7. The Kier molecular flexibility index (Phi) is 7.46. The third kappa shape index (κ3) is 5.60. The fourth-order valence-corrected chi connectivity index (χ4v) is 3.67. The zero-order valence-electron chi connectivity index (χ0n) is 17.3. The van der Waals surface area contributed by atoms with E-state index < -0.39 is 0 Å². The van der Waals surface area contributed by atoms with Crippen molar-refractivity contribution in [2.24, 2.45) is 5.92 Å². The lowest BCUT2D eigenvalue weighted by atomic mass is 10.2. The number of methoxy groups -OCH3 is 1. The van der Waals surface area contributed by atoms with Gasteiger partial charge >= 0.3 is 0 Å². The highest BCUT2D eigenvalue weighted by Gasteiger charge is 2.18. The van der Waals surface area contributed by atoms with Gasteiger partial charge in [-0.05, 0) is 35.7 Å². The number of rotatable bonds is 9. The molecule has 1 aromatic heterocycles. The molecule has 2 aromatic carbocycles.